The van der Waals surface area contributed by atoms with Gasteiger partial charge < -0.3 is 10.1 Å². The molecule has 2 rings (SSSR count). The molecule has 0 spiro atoms. The third-order valence-electron chi connectivity index (χ3n) is 3.28. The summed E-state index contributed by atoms with van der Waals surface area (Å²) in [5.41, 5.74) is 2.42. The monoisotopic (exact) mass is 287 g/mol. The molecule has 0 saturated heterocycles. The van der Waals surface area contributed by atoms with Crippen LogP contribution in [0.4, 0.5) is 0 Å². The zero-order valence-corrected chi connectivity index (χ0v) is 13.4. The molecule has 0 aliphatic heterocycles. The van der Waals surface area contributed by atoms with Crippen LogP contribution in [0.2, 0.25) is 0 Å². The molecule has 0 bridgehead atoms. The lowest BCUT2D eigenvalue weighted by Gasteiger charge is -2.11. The maximum atomic E-state index is 5.89. The number of benzene rings is 1. The minimum atomic E-state index is 0.670. The molecule has 0 unspecified atom stereocenters. The van der Waals surface area contributed by atoms with Crippen LogP contribution in [0, 0.1) is 12.8 Å². The Labute approximate surface area is 127 Å². The van der Waals surface area contributed by atoms with Gasteiger partial charge in [-0.15, -0.1) is 0 Å². The van der Waals surface area contributed by atoms with E-state index in [1.54, 1.807) is 6.20 Å². The molecular weight excluding hydrogens is 262 g/mol. The molecule has 0 amide bonds. The van der Waals surface area contributed by atoms with Crippen molar-refractivity contribution in [3.05, 3.63) is 41.7 Å². The van der Waals surface area contributed by atoms with Gasteiger partial charge in [0.15, 0.2) is 5.75 Å². The van der Waals surface area contributed by atoms with Crippen LogP contribution < -0.4 is 10.1 Å². The van der Waals surface area contributed by atoms with Crippen molar-refractivity contribution in [2.75, 3.05) is 6.54 Å². The van der Waals surface area contributed by atoms with Gasteiger partial charge in [-0.25, -0.2) is 0 Å². The fourth-order valence-electron chi connectivity index (χ4n) is 2.14. The molecule has 1 N–H and O–H groups in total. The molecule has 114 valence electrons. The van der Waals surface area contributed by atoms with Crippen molar-refractivity contribution < 1.29 is 4.74 Å². The van der Waals surface area contributed by atoms with E-state index in [1.807, 2.05) is 16.9 Å². The predicted octanol–water partition coefficient (Wildman–Crippen LogP) is 3.75. The first kappa shape index (κ1) is 15.6. The lowest BCUT2D eigenvalue weighted by atomic mass is 10.1. The number of nitrogens with zero attached hydrogens (tertiary/aromatic N) is 2. The summed E-state index contributed by atoms with van der Waals surface area (Å²) in [6, 6.07) is 6.32. The van der Waals surface area contributed by atoms with E-state index in [9.17, 15) is 0 Å². The predicted molar refractivity (Wildman–Crippen MR) is 85.7 cm³/mol. The summed E-state index contributed by atoms with van der Waals surface area (Å²) in [4.78, 5) is 0. The van der Waals surface area contributed by atoms with Crippen molar-refractivity contribution in [2.24, 2.45) is 5.92 Å². The van der Waals surface area contributed by atoms with E-state index >= 15 is 0 Å². The van der Waals surface area contributed by atoms with Crippen molar-refractivity contribution in [3.63, 3.8) is 0 Å². The standard InChI is InChI=1S/C17H25N3O/c1-5-20-12-16(11-19-20)21-17-7-6-15(8-14(17)4)10-18-9-13(2)3/h6-8,11-13,18H,5,9-10H2,1-4H3. The van der Waals surface area contributed by atoms with Crippen molar-refractivity contribution in [3.8, 4) is 11.5 Å². The normalized spacial score (nSPS) is 11.1. The molecule has 0 saturated carbocycles. The summed E-state index contributed by atoms with van der Waals surface area (Å²) >= 11 is 0. The van der Waals surface area contributed by atoms with E-state index in [1.165, 1.54) is 5.56 Å². The Morgan fingerprint density at radius 1 is 1.33 bits per heavy atom. The number of aromatic nitrogens is 2. The third-order valence-corrected chi connectivity index (χ3v) is 3.28. The van der Waals surface area contributed by atoms with Crippen molar-refractivity contribution >= 4 is 0 Å². The third kappa shape index (κ3) is 4.60. The number of nitrogens with one attached hydrogen (secondary N) is 1. The number of hydrogen-bond acceptors (Lipinski definition) is 3. The highest BCUT2D eigenvalue weighted by atomic mass is 16.5. The van der Waals surface area contributed by atoms with Gasteiger partial charge in [-0.2, -0.15) is 5.10 Å². The van der Waals surface area contributed by atoms with Crippen LogP contribution >= 0.6 is 0 Å². The summed E-state index contributed by atoms with van der Waals surface area (Å²) in [6.45, 7) is 11.3. The van der Waals surface area contributed by atoms with Crippen LogP contribution in [-0.4, -0.2) is 16.3 Å². The highest BCUT2D eigenvalue weighted by Gasteiger charge is 2.05. The van der Waals surface area contributed by atoms with Gasteiger partial charge in [0.2, 0.25) is 0 Å². The molecule has 0 radical (unpaired) electrons. The van der Waals surface area contributed by atoms with Crippen LogP contribution in [0.5, 0.6) is 11.5 Å². The summed E-state index contributed by atoms with van der Waals surface area (Å²) in [6.07, 6.45) is 3.67. The molecule has 0 aliphatic rings. The summed E-state index contributed by atoms with van der Waals surface area (Å²) in [5.74, 6) is 2.34. The minimum Gasteiger partial charge on any atom is -0.454 e. The van der Waals surface area contributed by atoms with E-state index in [0.717, 1.165) is 36.7 Å². The van der Waals surface area contributed by atoms with Crippen molar-refractivity contribution in [1.29, 1.82) is 0 Å². The van der Waals surface area contributed by atoms with Gasteiger partial charge >= 0.3 is 0 Å². The second-order valence-electron chi connectivity index (χ2n) is 5.76. The molecule has 4 heteroatoms. The number of hydrogen-bond donors (Lipinski definition) is 1. The largest absolute Gasteiger partial charge is 0.454 e. The average molecular weight is 287 g/mol. The first-order chi connectivity index (χ1) is 10.1. The number of aryl methyl sites for hydroxylation is 2. The molecule has 0 aliphatic carbocycles. The average Bonchev–Trinajstić information content (AvgIpc) is 2.89. The lowest BCUT2D eigenvalue weighted by Crippen LogP contribution is -2.18. The highest BCUT2D eigenvalue weighted by Crippen LogP contribution is 2.25. The van der Waals surface area contributed by atoms with Crippen molar-refractivity contribution in [2.45, 2.75) is 40.8 Å². The molecule has 1 aromatic carbocycles. The Balaban J connectivity index is 1.98. The zero-order chi connectivity index (χ0) is 15.2. The minimum absolute atomic E-state index is 0.670. The van der Waals surface area contributed by atoms with E-state index in [4.69, 9.17) is 4.74 Å². The van der Waals surface area contributed by atoms with Crippen LogP contribution in [0.15, 0.2) is 30.6 Å². The molecule has 2 aromatic rings. The van der Waals surface area contributed by atoms with Crippen LogP contribution in [0.3, 0.4) is 0 Å². The molecule has 0 atom stereocenters. The first-order valence-electron chi connectivity index (χ1n) is 7.59. The van der Waals surface area contributed by atoms with E-state index < -0.39 is 0 Å². The van der Waals surface area contributed by atoms with Crippen LogP contribution in [0.1, 0.15) is 31.9 Å². The Morgan fingerprint density at radius 3 is 2.76 bits per heavy atom. The topological polar surface area (TPSA) is 39.1 Å². The van der Waals surface area contributed by atoms with Crippen LogP contribution in [0.25, 0.3) is 0 Å². The highest BCUT2D eigenvalue weighted by molar-refractivity contribution is 5.38. The van der Waals surface area contributed by atoms with E-state index in [0.29, 0.717) is 5.92 Å². The van der Waals surface area contributed by atoms with E-state index in [2.05, 4.69) is 50.2 Å². The smallest absolute Gasteiger partial charge is 0.165 e. The molecule has 0 fully saturated rings. The van der Waals surface area contributed by atoms with Gasteiger partial charge in [-0.05, 0) is 43.5 Å². The Bertz CT molecular complexity index is 575. The quantitative estimate of drug-likeness (QED) is 0.843. The maximum absolute atomic E-state index is 5.89. The molecular formula is C17H25N3O. The van der Waals surface area contributed by atoms with E-state index in [-0.39, 0.29) is 0 Å². The summed E-state index contributed by atoms with van der Waals surface area (Å²) < 4.78 is 7.74. The lowest BCUT2D eigenvalue weighted by molar-refractivity contribution is 0.477. The van der Waals surface area contributed by atoms with Gasteiger partial charge in [0.05, 0.1) is 12.4 Å². The summed E-state index contributed by atoms with van der Waals surface area (Å²) in [7, 11) is 0. The fraction of sp³-hybridized carbons (Fsp3) is 0.471. The summed E-state index contributed by atoms with van der Waals surface area (Å²) in [5, 5.41) is 7.67. The molecule has 4 nitrogen and oxygen atoms in total. The SMILES string of the molecule is CCn1cc(Oc2ccc(CNCC(C)C)cc2C)cn1. The number of ether oxygens (including phenoxy) is 1. The van der Waals surface area contributed by atoms with Gasteiger partial charge in [0.1, 0.15) is 5.75 Å². The second-order valence-corrected chi connectivity index (χ2v) is 5.76. The second kappa shape index (κ2) is 7.27. The number of rotatable bonds is 7. The van der Waals surface area contributed by atoms with Gasteiger partial charge in [0, 0.05) is 13.1 Å². The molecule has 21 heavy (non-hydrogen) atoms. The van der Waals surface area contributed by atoms with Gasteiger partial charge in [-0.3, -0.25) is 4.68 Å². The maximum Gasteiger partial charge on any atom is 0.165 e. The Hall–Kier alpha value is -1.81. The van der Waals surface area contributed by atoms with Crippen molar-refractivity contribution in [1.82, 2.24) is 15.1 Å². The molecule has 1 heterocycles. The van der Waals surface area contributed by atoms with Gasteiger partial charge in [0.25, 0.3) is 0 Å². The van der Waals surface area contributed by atoms with Gasteiger partial charge in [-0.1, -0.05) is 26.0 Å². The zero-order valence-electron chi connectivity index (χ0n) is 13.4. The Kier molecular flexibility index (Phi) is 5.39. The Morgan fingerprint density at radius 2 is 2.14 bits per heavy atom. The molecule has 1 aromatic heterocycles. The fourth-order valence-corrected chi connectivity index (χ4v) is 2.14. The van der Waals surface area contributed by atoms with Crippen LogP contribution in [-0.2, 0) is 13.1 Å². The first-order valence-corrected chi connectivity index (χ1v) is 7.59.